The van der Waals surface area contributed by atoms with Crippen LogP contribution in [0.4, 0.5) is 5.95 Å². The fourth-order valence-electron chi connectivity index (χ4n) is 1.29. The summed E-state index contributed by atoms with van der Waals surface area (Å²) in [4.78, 5) is 12.5. The van der Waals surface area contributed by atoms with Gasteiger partial charge in [0.25, 0.3) is 0 Å². The molecule has 6 heteroatoms. The molecule has 0 aliphatic carbocycles. The minimum Gasteiger partial charge on any atom is -0.463 e. The molecule has 0 saturated carbocycles. The molecule has 0 bridgehead atoms. The number of aromatic nitrogens is 3. The third-order valence-corrected chi connectivity index (χ3v) is 2.20. The van der Waals surface area contributed by atoms with Crippen LogP contribution in [0.2, 0.25) is 0 Å². The average molecular weight is 268 g/mol. The minimum atomic E-state index is 0.0143. The molecule has 108 valence electrons. The first kappa shape index (κ1) is 15.5. The Kier molecular flexibility index (Phi) is 6.32. The SMILES string of the molecule is CCNc1nc(OCCC(C)C)nc(OC(C)C)n1. The quantitative estimate of drug-likeness (QED) is 0.781. The molecule has 0 atom stereocenters. The molecule has 0 saturated heterocycles. The standard InChI is InChI=1S/C13H24N4O2/c1-6-14-11-15-12(18-8-7-9(2)3)17-13(16-11)19-10(4)5/h9-10H,6-8H2,1-5H3,(H,14,15,16,17). The fourth-order valence-corrected chi connectivity index (χ4v) is 1.29. The van der Waals surface area contributed by atoms with E-state index in [1.165, 1.54) is 0 Å². The van der Waals surface area contributed by atoms with Gasteiger partial charge in [-0.05, 0) is 33.1 Å². The second-order valence-corrected chi connectivity index (χ2v) is 4.95. The van der Waals surface area contributed by atoms with Crippen molar-refractivity contribution in [3.63, 3.8) is 0 Å². The Bertz CT molecular complexity index is 383. The molecule has 0 aliphatic heterocycles. The molecule has 0 radical (unpaired) electrons. The van der Waals surface area contributed by atoms with Crippen molar-refractivity contribution in [3.8, 4) is 12.0 Å². The molecule has 1 aromatic heterocycles. The lowest BCUT2D eigenvalue weighted by Crippen LogP contribution is -2.13. The summed E-state index contributed by atoms with van der Waals surface area (Å²) in [5, 5.41) is 3.04. The van der Waals surface area contributed by atoms with Crippen LogP contribution in [0.3, 0.4) is 0 Å². The van der Waals surface area contributed by atoms with Gasteiger partial charge in [0.05, 0.1) is 12.7 Å². The molecule has 0 fully saturated rings. The number of nitrogens with one attached hydrogen (secondary N) is 1. The van der Waals surface area contributed by atoms with Gasteiger partial charge in [-0.3, -0.25) is 0 Å². The highest BCUT2D eigenvalue weighted by atomic mass is 16.5. The summed E-state index contributed by atoms with van der Waals surface area (Å²) in [5.74, 6) is 1.06. The van der Waals surface area contributed by atoms with E-state index in [-0.39, 0.29) is 6.10 Å². The second kappa shape index (κ2) is 7.76. The van der Waals surface area contributed by atoms with E-state index in [0.717, 1.165) is 13.0 Å². The van der Waals surface area contributed by atoms with Crippen LogP contribution in [0.5, 0.6) is 12.0 Å². The molecular weight excluding hydrogens is 244 g/mol. The Hall–Kier alpha value is -1.59. The van der Waals surface area contributed by atoms with Gasteiger partial charge < -0.3 is 14.8 Å². The van der Waals surface area contributed by atoms with E-state index in [1.807, 2.05) is 20.8 Å². The van der Waals surface area contributed by atoms with Gasteiger partial charge in [0.15, 0.2) is 0 Å². The summed E-state index contributed by atoms with van der Waals surface area (Å²) < 4.78 is 11.0. The Labute approximate surface area is 115 Å². The predicted molar refractivity (Wildman–Crippen MR) is 74.7 cm³/mol. The van der Waals surface area contributed by atoms with Crippen LogP contribution in [0.15, 0.2) is 0 Å². The highest BCUT2D eigenvalue weighted by Crippen LogP contribution is 2.14. The van der Waals surface area contributed by atoms with Crippen LogP contribution in [0, 0.1) is 5.92 Å². The molecule has 0 amide bonds. The van der Waals surface area contributed by atoms with Gasteiger partial charge in [0.1, 0.15) is 0 Å². The second-order valence-electron chi connectivity index (χ2n) is 4.95. The van der Waals surface area contributed by atoms with Crippen molar-refractivity contribution < 1.29 is 9.47 Å². The maximum Gasteiger partial charge on any atom is 0.324 e. The van der Waals surface area contributed by atoms with Crippen molar-refractivity contribution in [2.75, 3.05) is 18.5 Å². The van der Waals surface area contributed by atoms with Gasteiger partial charge in [0.2, 0.25) is 5.95 Å². The van der Waals surface area contributed by atoms with Crippen molar-refractivity contribution in [2.24, 2.45) is 5.92 Å². The molecule has 1 aromatic rings. The number of nitrogens with zero attached hydrogens (tertiary/aromatic N) is 3. The summed E-state index contributed by atoms with van der Waals surface area (Å²) in [6, 6.07) is 0.600. The largest absolute Gasteiger partial charge is 0.463 e. The summed E-state index contributed by atoms with van der Waals surface area (Å²) in [5.41, 5.74) is 0. The minimum absolute atomic E-state index is 0.0143. The summed E-state index contributed by atoms with van der Waals surface area (Å²) >= 11 is 0. The van der Waals surface area contributed by atoms with Crippen LogP contribution in [-0.2, 0) is 0 Å². The maximum atomic E-state index is 5.54. The van der Waals surface area contributed by atoms with Crippen LogP contribution >= 0.6 is 0 Å². The maximum absolute atomic E-state index is 5.54. The van der Waals surface area contributed by atoms with Gasteiger partial charge in [0, 0.05) is 6.54 Å². The van der Waals surface area contributed by atoms with Crippen molar-refractivity contribution in [2.45, 2.75) is 47.1 Å². The number of ether oxygens (including phenoxy) is 2. The molecule has 1 heterocycles. The predicted octanol–water partition coefficient (Wildman–Crippen LogP) is 2.52. The third-order valence-electron chi connectivity index (χ3n) is 2.20. The first-order valence-corrected chi connectivity index (χ1v) is 6.80. The van der Waals surface area contributed by atoms with Crippen molar-refractivity contribution in [1.29, 1.82) is 0 Å². The number of hydrogen-bond acceptors (Lipinski definition) is 6. The van der Waals surface area contributed by atoms with Gasteiger partial charge >= 0.3 is 12.0 Å². The zero-order valence-electron chi connectivity index (χ0n) is 12.4. The van der Waals surface area contributed by atoms with E-state index < -0.39 is 0 Å². The lowest BCUT2D eigenvalue weighted by Gasteiger charge is -2.11. The monoisotopic (exact) mass is 268 g/mol. The highest BCUT2D eigenvalue weighted by Gasteiger charge is 2.09. The lowest BCUT2D eigenvalue weighted by atomic mass is 10.1. The molecular formula is C13H24N4O2. The van der Waals surface area contributed by atoms with Gasteiger partial charge in [-0.25, -0.2) is 0 Å². The van der Waals surface area contributed by atoms with E-state index in [9.17, 15) is 0 Å². The van der Waals surface area contributed by atoms with Crippen molar-refractivity contribution in [3.05, 3.63) is 0 Å². The van der Waals surface area contributed by atoms with E-state index in [2.05, 4.69) is 34.1 Å². The van der Waals surface area contributed by atoms with Crippen LogP contribution in [0.25, 0.3) is 0 Å². The first-order chi connectivity index (χ1) is 9.01. The lowest BCUT2D eigenvalue weighted by molar-refractivity contribution is 0.211. The fraction of sp³-hybridized carbons (Fsp3) is 0.769. The molecule has 1 N–H and O–H groups in total. The topological polar surface area (TPSA) is 69.2 Å². The Morgan fingerprint density at radius 2 is 1.74 bits per heavy atom. The molecule has 0 aromatic carbocycles. The van der Waals surface area contributed by atoms with Crippen molar-refractivity contribution in [1.82, 2.24) is 15.0 Å². The molecule has 1 rings (SSSR count). The average Bonchev–Trinajstić information content (AvgIpc) is 2.27. The Morgan fingerprint density at radius 3 is 2.32 bits per heavy atom. The zero-order chi connectivity index (χ0) is 14.3. The molecule has 0 spiro atoms. The first-order valence-electron chi connectivity index (χ1n) is 6.80. The Morgan fingerprint density at radius 1 is 1.05 bits per heavy atom. The van der Waals surface area contributed by atoms with Crippen molar-refractivity contribution >= 4 is 5.95 Å². The highest BCUT2D eigenvalue weighted by molar-refractivity contribution is 5.27. The van der Waals surface area contributed by atoms with Gasteiger partial charge in [-0.15, -0.1) is 4.98 Å². The zero-order valence-corrected chi connectivity index (χ0v) is 12.4. The summed E-state index contributed by atoms with van der Waals surface area (Å²) in [6.07, 6.45) is 0.975. The van der Waals surface area contributed by atoms with Gasteiger partial charge in [-0.1, -0.05) is 13.8 Å². The number of rotatable bonds is 8. The summed E-state index contributed by atoms with van der Waals surface area (Å²) in [6.45, 7) is 11.4. The van der Waals surface area contributed by atoms with Crippen LogP contribution < -0.4 is 14.8 Å². The normalized spacial score (nSPS) is 10.9. The van der Waals surface area contributed by atoms with E-state index in [0.29, 0.717) is 30.5 Å². The summed E-state index contributed by atoms with van der Waals surface area (Å²) in [7, 11) is 0. The van der Waals surface area contributed by atoms with Crippen LogP contribution in [0.1, 0.15) is 41.0 Å². The van der Waals surface area contributed by atoms with E-state index in [4.69, 9.17) is 9.47 Å². The number of hydrogen-bond donors (Lipinski definition) is 1. The van der Waals surface area contributed by atoms with E-state index in [1.54, 1.807) is 0 Å². The van der Waals surface area contributed by atoms with Crippen LogP contribution in [-0.4, -0.2) is 34.2 Å². The molecule has 0 aliphatic rings. The van der Waals surface area contributed by atoms with E-state index >= 15 is 0 Å². The van der Waals surface area contributed by atoms with Gasteiger partial charge in [-0.2, -0.15) is 9.97 Å². The smallest absolute Gasteiger partial charge is 0.324 e. The molecule has 0 unspecified atom stereocenters. The number of anilines is 1. The third kappa shape index (κ3) is 6.22. The Balaban J connectivity index is 2.74. The molecule has 19 heavy (non-hydrogen) atoms. The molecule has 6 nitrogen and oxygen atoms in total.